The summed E-state index contributed by atoms with van der Waals surface area (Å²) in [6, 6.07) is 19.8. The van der Waals surface area contributed by atoms with E-state index in [2.05, 4.69) is 76.9 Å². The zero-order valence-electron chi connectivity index (χ0n) is 15.5. The highest BCUT2D eigenvalue weighted by molar-refractivity contribution is 5.44. The molecule has 0 aliphatic heterocycles. The van der Waals surface area contributed by atoms with Crippen molar-refractivity contribution in [3.05, 3.63) is 72.8 Å². The molecule has 3 aromatic rings. The monoisotopic (exact) mass is 333 g/mol. The van der Waals surface area contributed by atoms with Gasteiger partial charge in [0.1, 0.15) is 12.7 Å². The molecular formula is C21H25N4+. The van der Waals surface area contributed by atoms with Crippen LogP contribution in [0.3, 0.4) is 0 Å². The van der Waals surface area contributed by atoms with Crippen molar-refractivity contribution in [2.24, 2.45) is 11.8 Å². The van der Waals surface area contributed by atoms with Crippen LogP contribution in [0.5, 0.6) is 0 Å². The Kier molecular flexibility index (Phi) is 4.51. The Morgan fingerprint density at radius 3 is 2.60 bits per heavy atom. The largest absolute Gasteiger partial charge is 1.00 e. The van der Waals surface area contributed by atoms with Gasteiger partial charge < -0.3 is 5.32 Å². The van der Waals surface area contributed by atoms with E-state index in [1.165, 1.54) is 24.1 Å². The van der Waals surface area contributed by atoms with Crippen molar-refractivity contribution < 1.29 is 1.43 Å². The molecule has 1 saturated carbocycles. The van der Waals surface area contributed by atoms with Crippen molar-refractivity contribution in [1.82, 2.24) is 14.8 Å². The Morgan fingerprint density at radius 2 is 1.88 bits per heavy atom. The van der Waals surface area contributed by atoms with Crippen LogP contribution >= 0.6 is 0 Å². The summed E-state index contributed by atoms with van der Waals surface area (Å²) in [5.74, 6) is 1.45. The maximum atomic E-state index is 4.18. The average molecular weight is 333 g/mol. The fraction of sp³-hybridized carbons (Fsp3) is 0.333. The van der Waals surface area contributed by atoms with Crippen LogP contribution in [0.1, 0.15) is 26.8 Å². The fourth-order valence-corrected chi connectivity index (χ4v) is 3.98. The van der Waals surface area contributed by atoms with Gasteiger partial charge in [0.25, 0.3) is 0 Å². The molecular weight excluding hydrogens is 308 g/mol. The van der Waals surface area contributed by atoms with Gasteiger partial charge in [0.05, 0.1) is 5.69 Å². The smallest absolute Gasteiger partial charge is 0.382 e. The van der Waals surface area contributed by atoms with E-state index in [0.29, 0.717) is 12.0 Å². The van der Waals surface area contributed by atoms with E-state index in [-0.39, 0.29) is 1.43 Å². The van der Waals surface area contributed by atoms with Crippen LogP contribution in [-0.4, -0.2) is 20.8 Å². The summed E-state index contributed by atoms with van der Waals surface area (Å²) in [6.45, 7) is 2.37. The number of benzene rings is 2. The molecule has 1 fully saturated rings. The van der Waals surface area contributed by atoms with Gasteiger partial charge in [0.15, 0.2) is 0 Å². The third-order valence-electron chi connectivity index (χ3n) is 5.17. The van der Waals surface area contributed by atoms with E-state index >= 15 is 0 Å². The van der Waals surface area contributed by atoms with E-state index in [1.807, 2.05) is 0 Å². The van der Waals surface area contributed by atoms with Crippen LogP contribution in [0.25, 0.3) is 5.69 Å². The second-order valence-electron chi connectivity index (χ2n) is 7.16. The highest BCUT2D eigenvalue weighted by Crippen LogP contribution is 2.35. The Bertz CT molecular complexity index is 787. The van der Waals surface area contributed by atoms with E-state index in [1.54, 1.807) is 17.3 Å². The SMILES string of the molecule is CC1CC(Cc2ccc(-n3cncn3)cc2)C(Nc2ccccc2)C1.[H+]. The molecule has 2 aromatic carbocycles. The van der Waals surface area contributed by atoms with Gasteiger partial charge in [-0.05, 0) is 60.9 Å². The van der Waals surface area contributed by atoms with Gasteiger partial charge in [-0.3, -0.25) is 0 Å². The van der Waals surface area contributed by atoms with Crippen molar-refractivity contribution in [3.8, 4) is 5.69 Å². The van der Waals surface area contributed by atoms with Crippen molar-refractivity contribution in [2.75, 3.05) is 5.32 Å². The minimum absolute atomic E-state index is 0. The lowest BCUT2D eigenvalue weighted by Crippen LogP contribution is -2.25. The molecule has 1 aliphatic rings. The standard InChI is InChI=1S/C21H24N4/c1-16-11-18(21(12-16)24-19-5-3-2-4-6-19)13-17-7-9-20(10-8-17)25-15-22-14-23-25/h2-10,14-16,18,21,24H,11-13H2,1H3/p+1. The Balaban J connectivity index is 0.00000196. The second kappa shape index (κ2) is 7.09. The zero-order chi connectivity index (χ0) is 17.1. The molecule has 0 amide bonds. The Labute approximate surface area is 150 Å². The van der Waals surface area contributed by atoms with Gasteiger partial charge in [-0.15, -0.1) is 0 Å². The molecule has 0 bridgehead atoms. The number of hydrogen-bond acceptors (Lipinski definition) is 3. The number of para-hydroxylation sites is 1. The number of rotatable bonds is 5. The minimum atomic E-state index is 0. The molecule has 1 heterocycles. The van der Waals surface area contributed by atoms with Crippen molar-refractivity contribution in [3.63, 3.8) is 0 Å². The van der Waals surface area contributed by atoms with Crippen LogP contribution in [0, 0.1) is 11.8 Å². The molecule has 3 unspecified atom stereocenters. The van der Waals surface area contributed by atoms with E-state index < -0.39 is 0 Å². The van der Waals surface area contributed by atoms with Gasteiger partial charge >= 0.3 is 1.43 Å². The average Bonchev–Trinajstić information content (AvgIpc) is 3.27. The van der Waals surface area contributed by atoms with Gasteiger partial charge in [-0.25, -0.2) is 9.67 Å². The highest BCUT2D eigenvalue weighted by atomic mass is 15.3. The Hall–Kier alpha value is -2.62. The molecule has 1 aliphatic carbocycles. The first-order valence-corrected chi connectivity index (χ1v) is 9.03. The van der Waals surface area contributed by atoms with Gasteiger partial charge in [0.2, 0.25) is 0 Å². The lowest BCUT2D eigenvalue weighted by molar-refractivity contribution is 0.490. The molecule has 4 rings (SSSR count). The van der Waals surface area contributed by atoms with Crippen molar-refractivity contribution in [1.29, 1.82) is 0 Å². The maximum absolute atomic E-state index is 4.18. The summed E-state index contributed by atoms with van der Waals surface area (Å²) in [5.41, 5.74) is 3.68. The van der Waals surface area contributed by atoms with Crippen molar-refractivity contribution in [2.45, 2.75) is 32.2 Å². The molecule has 128 valence electrons. The van der Waals surface area contributed by atoms with E-state index in [4.69, 9.17) is 0 Å². The Morgan fingerprint density at radius 1 is 1.08 bits per heavy atom. The topological polar surface area (TPSA) is 42.7 Å². The van der Waals surface area contributed by atoms with Crippen LogP contribution in [-0.2, 0) is 6.42 Å². The van der Waals surface area contributed by atoms with E-state index in [0.717, 1.165) is 18.0 Å². The first kappa shape index (κ1) is 15.9. The van der Waals surface area contributed by atoms with Gasteiger partial charge in [0, 0.05) is 11.7 Å². The highest BCUT2D eigenvalue weighted by Gasteiger charge is 2.31. The predicted octanol–water partition coefficient (Wildman–Crippen LogP) is 4.45. The summed E-state index contributed by atoms with van der Waals surface area (Å²) in [4.78, 5) is 4.01. The molecule has 1 aromatic heterocycles. The lowest BCUT2D eigenvalue weighted by Gasteiger charge is -2.22. The van der Waals surface area contributed by atoms with E-state index in [9.17, 15) is 0 Å². The predicted molar refractivity (Wildman–Crippen MR) is 102 cm³/mol. The number of hydrogen-bond donors (Lipinski definition) is 1. The first-order chi connectivity index (χ1) is 12.3. The molecule has 3 atom stereocenters. The van der Waals surface area contributed by atoms with Crippen LogP contribution in [0.15, 0.2) is 67.3 Å². The minimum Gasteiger partial charge on any atom is -0.382 e. The molecule has 4 heteroatoms. The number of anilines is 1. The van der Waals surface area contributed by atoms with Gasteiger partial charge in [-0.2, -0.15) is 5.10 Å². The second-order valence-corrected chi connectivity index (χ2v) is 7.16. The molecule has 0 radical (unpaired) electrons. The lowest BCUT2D eigenvalue weighted by atomic mass is 9.94. The molecule has 1 N–H and O–H groups in total. The van der Waals surface area contributed by atoms with Crippen LogP contribution < -0.4 is 5.32 Å². The number of nitrogens with one attached hydrogen (secondary N) is 1. The summed E-state index contributed by atoms with van der Waals surface area (Å²) in [5, 5.41) is 7.94. The normalized spacial score (nSPS) is 22.8. The molecule has 0 saturated heterocycles. The van der Waals surface area contributed by atoms with Crippen LogP contribution in [0.4, 0.5) is 5.69 Å². The number of nitrogens with zero attached hydrogens (tertiary/aromatic N) is 3. The third-order valence-corrected chi connectivity index (χ3v) is 5.17. The zero-order valence-corrected chi connectivity index (χ0v) is 14.5. The summed E-state index contributed by atoms with van der Waals surface area (Å²) in [7, 11) is 0. The quantitative estimate of drug-likeness (QED) is 0.750. The summed E-state index contributed by atoms with van der Waals surface area (Å²) < 4.78 is 1.79. The van der Waals surface area contributed by atoms with Gasteiger partial charge in [-0.1, -0.05) is 37.3 Å². The third kappa shape index (κ3) is 3.73. The maximum Gasteiger partial charge on any atom is 1.00 e. The number of aromatic nitrogens is 3. The molecule has 0 spiro atoms. The summed E-state index contributed by atoms with van der Waals surface area (Å²) in [6.07, 6.45) is 6.94. The first-order valence-electron chi connectivity index (χ1n) is 9.03. The van der Waals surface area contributed by atoms with Crippen molar-refractivity contribution >= 4 is 5.69 Å². The molecule has 25 heavy (non-hydrogen) atoms. The molecule has 4 nitrogen and oxygen atoms in total. The fourth-order valence-electron chi connectivity index (χ4n) is 3.98. The summed E-state index contributed by atoms with van der Waals surface area (Å²) >= 11 is 0. The van der Waals surface area contributed by atoms with Crippen LogP contribution in [0.2, 0.25) is 0 Å².